The van der Waals surface area contributed by atoms with E-state index in [9.17, 15) is 4.79 Å². The fraction of sp³-hybridized carbons (Fsp3) is 0.750. The average Bonchev–Trinajstić information content (AvgIpc) is 2.61. The van der Waals surface area contributed by atoms with Crippen molar-refractivity contribution in [3.05, 3.63) is 0 Å². The molecule has 0 spiro atoms. The Kier molecular flexibility index (Phi) is 4.64. The Hall–Kier alpha value is -1.01. The van der Waals surface area contributed by atoms with Crippen molar-refractivity contribution in [3.63, 3.8) is 0 Å². The molecule has 0 saturated carbocycles. The van der Waals surface area contributed by atoms with Crippen LogP contribution in [0.25, 0.3) is 0 Å². The molecule has 1 heterocycles. The van der Waals surface area contributed by atoms with E-state index in [1.165, 1.54) is 0 Å². The SMILES string of the molecule is C#CCCC(C)NC(=O)C1CCCN1C. The van der Waals surface area contributed by atoms with Crippen LogP contribution >= 0.6 is 0 Å². The third kappa shape index (κ3) is 3.56. The van der Waals surface area contributed by atoms with E-state index < -0.39 is 0 Å². The van der Waals surface area contributed by atoms with Gasteiger partial charge in [0.25, 0.3) is 0 Å². The van der Waals surface area contributed by atoms with Gasteiger partial charge in [-0.05, 0) is 39.8 Å². The minimum Gasteiger partial charge on any atom is -0.352 e. The molecular weight excluding hydrogens is 188 g/mol. The molecule has 0 aliphatic carbocycles. The van der Waals surface area contributed by atoms with E-state index in [0.29, 0.717) is 0 Å². The lowest BCUT2D eigenvalue weighted by Gasteiger charge is -2.21. The van der Waals surface area contributed by atoms with Gasteiger partial charge in [-0.2, -0.15) is 0 Å². The van der Waals surface area contributed by atoms with Crippen LogP contribution in [-0.2, 0) is 4.79 Å². The summed E-state index contributed by atoms with van der Waals surface area (Å²) in [6, 6.07) is 0.251. The van der Waals surface area contributed by atoms with Crippen LogP contribution in [0.2, 0.25) is 0 Å². The number of carbonyl (C=O) groups excluding carboxylic acids is 1. The predicted molar refractivity (Wildman–Crippen MR) is 61.3 cm³/mol. The minimum absolute atomic E-state index is 0.0679. The lowest BCUT2D eigenvalue weighted by molar-refractivity contribution is -0.125. The number of likely N-dealkylation sites (N-methyl/N-ethyl adjacent to an activating group) is 1. The van der Waals surface area contributed by atoms with Crippen molar-refractivity contribution in [2.45, 2.75) is 44.7 Å². The highest BCUT2D eigenvalue weighted by Crippen LogP contribution is 2.14. The Labute approximate surface area is 92.2 Å². The highest BCUT2D eigenvalue weighted by atomic mass is 16.2. The molecule has 84 valence electrons. The maximum Gasteiger partial charge on any atom is 0.237 e. The number of carbonyl (C=O) groups is 1. The summed E-state index contributed by atoms with van der Waals surface area (Å²) in [5.74, 6) is 2.74. The molecule has 1 rings (SSSR count). The second-order valence-corrected chi connectivity index (χ2v) is 4.29. The van der Waals surface area contributed by atoms with Gasteiger partial charge in [0, 0.05) is 12.5 Å². The molecule has 0 radical (unpaired) electrons. The zero-order valence-electron chi connectivity index (χ0n) is 9.62. The van der Waals surface area contributed by atoms with Crippen LogP contribution in [0.3, 0.4) is 0 Å². The number of nitrogens with one attached hydrogen (secondary N) is 1. The fourth-order valence-electron chi connectivity index (χ4n) is 1.95. The normalized spacial score (nSPS) is 23.4. The van der Waals surface area contributed by atoms with E-state index >= 15 is 0 Å². The molecule has 0 bridgehead atoms. The quantitative estimate of drug-likeness (QED) is 0.699. The Balaban J connectivity index is 2.32. The Morgan fingerprint density at radius 1 is 1.73 bits per heavy atom. The van der Waals surface area contributed by atoms with E-state index in [-0.39, 0.29) is 18.0 Å². The van der Waals surface area contributed by atoms with Gasteiger partial charge in [-0.3, -0.25) is 9.69 Å². The van der Waals surface area contributed by atoms with Crippen molar-refractivity contribution in [2.24, 2.45) is 0 Å². The second kappa shape index (κ2) is 5.77. The molecule has 1 fully saturated rings. The number of hydrogen-bond acceptors (Lipinski definition) is 2. The van der Waals surface area contributed by atoms with Crippen molar-refractivity contribution >= 4 is 5.91 Å². The summed E-state index contributed by atoms with van der Waals surface area (Å²) in [5.41, 5.74) is 0. The third-order valence-electron chi connectivity index (χ3n) is 2.93. The highest BCUT2D eigenvalue weighted by Gasteiger charge is 2.27. The summed E-state index contributed by atoms with van der Waals surface area (Å²) >= 11 is 0. The van der Waals surface area contributed by atoms with Crippen LogP contribution in [0.15, 0.2) is 0 Å². The van der Waals surface area contributed by atoms with Crippen molar-refractivity contribution in [1.82, 2.24) is 10.2 Å². The van der Waals surface area contributed by atoms with Crippen molar-refractivity contribution in [2.75, 3.05) is 13.6 Å². The average molecular weight is 208 g/mol. The molecule has 1 aliphatic rings. The van der Waals surface area contributed by atoms with Gasteiger partial charge in [0.1, 0.15) is 0 Å². The van der Waals surface area contributed by atoms with Crippen molar-refractivity contribution in [3.8, 4) is 12.3 Å². The maximum atomic E-state index is 11.8. The van der Waals surface area contributed by atoms with Crippen LogP contribution in [0.4, 0.5) is 0 Å². The molecule has 3 nitrogen and oxygen atoms in total. The topological polar surface area (TPSA) is 32.3 Å². The molecule has 0 aromatic heterocycles. The molecular formula is C12H20N2O. The zero-order chi connectivity index (χ0) is 11.3. The molecule has 1 aliphatic heterocycles. The molecule has 2 unspecified atom stereocenters. The summed E-state index contributed by atoms with van der Waals surface area (Å²) in [5, 5.41) is 3.01. The van der Waals surface area contributed by atoms with Crippen LogP contribution in [0, 0.1) is 12.3 Å². The smallest absolute Gasteiger partial charge is 0.237 e. The Morgan fingerprint density at radius 3 is 3.00 bits per heavy atom. The molecule has 1 N–H and O–H groups in total. The van der Waals surface area contributed by atoms with E-state index in [0.717, 1.165) is 32.2 Å². The van der Waals surface area contributed by atoms with Gasteiger partial charge < -0.3 is 5.32 Å². The summed E-state index contributed by atoms with van der Waals surface area (Å²) in [4.78, 5) is 13.9. The monoisotopic (exact) mass is 208 g/mol. The number of hydrogen-bond donors (Lipinski definition) is 1. The van der Waals surface area contributed by atoms with E-state index in [1.807, 2.05) is 14.0 Å². The van der Waals surface area contributed by atoms with E-state index in [2.05, 4.69) is 16.1 Å². The van der Waals surface area contributed by atoms with Crippen molar-refractivity contribution < 1.29 is 4.79 Å². The second-order valence-electron chi connectivity index (χ2n) is 4.29. The molecule has 1 saturated heterocycles. The van der Waals surface area contributed by atoms with Crippen LogP contribution in [0.5, 0.6) is 0 Å². The lowest BCUT2D eigenvalue weighted by atomic mass is 10.1. The highest BCUT2D eigenvalue weighted by molar-refractivity contribution is 5.82. The number of rotatable bonds is 4. The summed E-state index contributed by atoms with van der Waals surface area (Å²) in [7, 11) is 2.00. The molecule has 1 amide bonds. The first-order valence-electron chi connectivity index (χ1n) is 5.59. The molecule has 3 heteroatoms. The third-order valence-corrected chi connectivity index (χ3v) is 2.93. The number of terminal acetylenes is 1. The molecule has 15 heavy (non-hydrogen) atoms. The van der Waals surface area contributed by atoms with Crippen LogP contribution < -0.4 is 5.32 Å². The first kappa shape index (κ1) is 12.1. The van der Waals surface area contributed by atoms with Crippen LogP contribution in [-0.4, -0.2) is 36.5 Å². The predicted octanol–water partition coefficient (Wildman–Crippen LogP) is 0.999. The minimum atomic E-state index is 0.0679. The first-order chi connectivity index (χ1) is 7.15. The number of nitrogens with zero attached hydrogens (tertiary/aromatic N) is 1. The lowest BCUT2D eigenvalue weighted by Crippen LogP contribution is -2.44. The van der Waals surface area contributed by atoms with Crippen LogP contribution in [0.1, 0.15) is 32.6 Å². The molecule has 0 aromatic carbocycles. The fourth-order valence-corrected chi connectivity index (χ4v) is 1.95. The largest absolute Gasteiger partial charge is 0.352 e. The van der Waals surface area contributed by atoms with E-state index in [4.69, 9.17) is 6.42 Å². The maximum absolute atomic E-state index is 11.8. The van der Waals surface area contributed by atoms with Gasteiger partial charge in [0.2, 0.25) is 5.91 Å². The molecule has 0 aromatic rings. The number of likely N-dealkylation sites (tertiary alicyclic amines) is 1. The summed E-state index contributed by atoms with van der Waals surface area (Å²) in [6.45, 7) is 3.03. The molecule has 2 atom stereocenters. The summed E-state index contributed by atoms with van der Waals surface area (Å²) in [6.07, 6.45) is 8.86. The number of amides is 1. The standard InChI is InChI=1S/C12H20N2O/c1-4-5-7-10(2)13-12(15)11-8-6-9-14(11)3/h1,10-11H,5-9H2,2-3H3,(H,13,15). The Morgan fingerprint density at radius 2 is 2.47 bits per heavy atom. The zero-order valence-corrected chi connectivity index (χ0v) is 9.62. The Bertz CT molecular complexity index is 257. The van der Waals surface area contributed by atoms with Gasteiger partial charge in [0.15, 0.2) is 0 Å². The van der Waals surface area contributed by atoms with Gasteiger partial charge >= 0.3 is 0 Å². The van der Waals surface area contributed by atoms with E-state index in [1.54, 1.807) is 0 Å². The first-order valence-corrected chi connectivity index (χ1v) is 5.59. The van der Waals surface area contributed by atoms with Gasteiger partial charge in [0.05, 0.1) is 6.04 Å². The van der Waals surface area contributed by atoms with Gasteiger partial charge in [-0.1, -0.05) is 0 Å². The van der Waals surface area contributed by atoms with Gasteiger partial charge in [-0.15, -0.1) is 12.3 Å². The van der Waals surface area contributed by atoms with Gasteiger partial charge in [-0.25, -0.2) is 0 Å². The summed E-state index contributed by atoms with van der Waals surface area (Å²) < 4.78 is 0. The van der Waals surface area contributed by atoms with Crippen molar-refractivity contribution in [1.29, 1.82) is 0 Å².